The zero-order valence-electron chi connectivity index (χ0n) is 31.7. The molecule has 1 heterocycles. The molecule has 11 aromatic rings. The van der Waals surface area contributed by atoms with E-state index in [9.17, 15) is 0 Å². The molecule has 0 saturated heterocycles. The maximum absolute atomic E-state index is 6.26. The maximum Gasteiger partial charge on any atom is 0.136 e. The molecule has 0 amide bonds. The molecule has 0 unspecified atom stereocenters. The van der Waals surface area contributed by atoms with E-state index < -0.39 is 0 Å². The number of para-hydroxylation sites is 2. The van der Waals surface area contributed by atoms with Crippen molar-refractivity contribution in [3.8, 4) is 44.5 Å². The Morgan fingerprint density at radius 1 is 0.276 bits per heavy atom. The Morgan fingerprint density at radius 2 is 0.672 bits per heavy atom. The van der Waals surface area contributed by atoms with Crippen LogP contribution in [0, 0.1) is 0 Å². The highest BCUT2D eigenvalue weighted by Gasteiger charge is 2.19. The summed E-state index contributed by atoms with van der Waals surface area (Å²) < 4.78 is 6.26. The molecule has 0 aliphatic heterocycles. The Balaban J connectivity index is 1.03. The van der Waals surface area contributed by atoms with Crippen molar-refractivity contribution in [3.63, 3.8) is 0 Å². The lowest BCUT2D eigenvalue weighted by Crippen LogP contribution is -2.11. The third-order valence-corrected chi connectivity index (χ3v) is 11.5. The van der Waals surface area contributed by atoms with E-state index in [2.05, 4.69) is 217 Å². The van der Waals surface area contributed by atoms with Gasteiger partial charge >= 0.3 is 0 Å². The summed E-state index contributed by atoms with van der Waals surface area (Å²) in [5, 5.41) is 7.27. The quantitative estimate of drug-likeness (QED) is 0.162. The normalized spacial score (nSPS) is 11.4. The van der Waals surface area contributed by atoms with Crippen LogP contribution in [0.2, 0.25) is 0 Å². The van der Waals surface area contributed by atoms with E-state index in [0.29, 0.717) is 0 Å². The second-order valence-electron chi connectivity index (χ2n) is 14.9. The van der Waals surface area contributed by atoms with Gasteiger partial charge in [0, 0.05) is 27.7 Å². The van der Waals surface area contributed by atoms with Crippen molar-refractivity contribution in [1.82, 2.24) is 0 Å². The van der Waals surface area contributed by atoms with Crippen molar-refractivity contribution in [1.29, 1.82) is 0 Å². The lowest BCUT2D eigenvalue weighted by Gasteiger charge is -2.28. The van der Waals surface area contributed by atoms with Crippen LogP contribution in [-0.2, 0) is 0 Å². The molecular formula is C56H37NO. The Labute approximate surface area is 337 Å². The molecule has 0 saturated carbocycles. The molecule has 0 aliphatic rings. The molecule has 0 aliphatic carbocycles. The van der Waals surface area contributed by atoms with Gasteiger partial charge in [-0.15, -0.1) is 0 Å². The van der Waals surface area contributed by atoms with Crippen LogP contribution >= 0.6 is 0 Å². The molecule has 0 atom stereocenters. The van der Waals surface area contributed by atoms with Crippen LogP contribution in [0.25, 0.3) is 88.0 Å². The first-order valence-electron chi connectivity index (χ1n) is 19.8. The molecule has 0 fully saturated rings. The van der Waals surface area contributed by atoms with Crippen LogP contribution in [0.15, 0.2) is 229 Å². The average molecular weight is 740 g/mol. The molecule has 0 bridgehead atoms. The molecule has 58 heavy (non-hydrogen) atoms. The van der Waals surface area contributed by atoms with Gasteiger partial charge in [0.2, 0.25) is 0 Å². The van der Waals surface area contributed by atoms with Gasteiger partial charge in [-0.1, -0.05) is 182 Å². The fourth-order valence-electron chi connectivity index (χ4n) is 8.72. The van der Waals surface area contributed by atoms with Crippen molar-refractivity contribution in [2.75, 3.05) is 4.90 Å². The zero-order valence-corrected chi connectivity index (χ0v) is 31.7. The van der Waals surface area contributed by atoms with Gasteiger partial charge in [-0.2, -0.15) is 0 Å². The highest BCUT2D eigenvalue weighted by Crippen LogP contribution is 2.44. The summed E-state index contributed by atoms with van der Waals surface area (Å²) >= 11 is 0. The van der Waals surface area contributed by atoms with Crippen LogP contribution in [0.5, 0.6) is 0 Å². The molecule has 0 radical (unpaired) electrons. The highest BCUT2D eigenvalue weighted by atomic mass is 16.3. The summed E-state index contributed by atoms with van der Waals surface area (Å²) in [6.07, 6.45) is 0. The third kappa shape index (κ3) is 5.82. The Morgan fingerprint density at radius 3 is 1.29 bits per heavy atom. The van der Waals surface area contributed by atoms with Gasteiger partial charge in [0.05, 0.1) is 5.69 Å². The predicted molar refractivity (Wildman–Crippen MR) is 245 cm³/mol. The van der Waals surface area contributed by atoms with Gasteiger partial charge in [0.15, 0.2) is 0 Å². The van der Waals surface area contributed by atoms with E-state index in [0.717, 1.165) is 61.3 Å². The van der Waals surface area contributed by atoms with Gasteiger partial charge in [0.1, 0.15) is 11.2 Å². The Hall–Kier alpha value is -7.68. The summed E-state index contributed by atoms with van der Waals surface area (Å²) in [7, 11) is 0. The van der Waals surface area contributed by atoms with E-state index in [4.69, 9.17) is 4.42 Å². The van der Waals surface area contributed by atoms with Crippen molar-refractivity contribution in [3.05, 3.63) is 224 Å². The maximum atomic E-state index is 6.26. The minimum Gasteiger partial charge on any atom is -0.456 e. The largest absolute Gasteiger partial charge is 0.456 e. The third-order valence-electron chi connectivity index (χ3n) is 11.5. The van der Waals surface area contributed by atoms with Crippen LogP contribution in [0.3, 0.4) is 0 Å². The molecule has 2 nitrogen and oxygen atoms in total. The second-order valence-corrected chi connectivity index (χ2v) is 14.9. The van der Waals surface area contributed by atoms with Crippen LogP contribution in [0.1, 0.15) is 0 Å². The summed E-state index contributed by atoms with van der Waals surface area (Å²) in [5.41, 5.74) is 14.5. The van der Waals surface area contributed by atoms with E-state index in [1.165, 1.54) is 43.8 Å². The second kappa shape index (κ2) is 14.1. The van der Waals surface area contributed by atoms with Crippen molar-refractivity contribution < 1.29 is 4.42 Å². The van der Waals surface area contributed by atoms with E-state index in [1.807, 2.05) is 12.1 Å². The molecule has 11 rings (SSSR count). The zero-order chi connectivity index (χ0) is 38.4. The molecule has 2 heteroatoms. The van der Waals surface area contributed by atoms with Gasteiger partial charge in [0.25, 0.3) is 0 Å². The van der Waals surface area contributed by atoms with Crippen molar-refractivity contribution in [2.24, 2.45) is 0 Å². The van der Waals surface area contributed by atoms with Gasteiger partial charge in [-0.25, -0.2) is 0 Å². The Kier molecular flexibility index (Phi) is 8.19. The number of rotatable bonds is 7. The standard InChI is InChI=1S/C56H37NO/c1-3-16-46-38(12-1)14-9-20-48(46)40-26-28-42(29-27-40)50-18-5-7-23-53(50)57(44-34-30-41(31-35-44)49-21-10-15-39-13-2-4-17-47(39)49)45-36-32-43(33-37-45)51-22-11-25-55-56(51)52-19-6-8-24-54(52)58-55/h1-37H. The van der Waals surface area contributed by atoms with Gasteiger partial charge in [-0.3, -0.25) is 0 Å². The summed E-state index contributed by atoms with van der Waals surface area (Å²) in [5.74, 6) is 0. The monoisotopic (exact) mass is 739 g/mol. The SMILES string of the molecule is c1ccc(N(c2ccc(-c3cccc4ccccc34)cc2)c2ccc(-c3cccc4oc5ccccc5c34)cc2)c(-c2ccc(-c3cccc4ccccc34)cc2)c1. The number of anilines is 3. The van der Waals surface area contributed by atoms with E-state index in [1.54, 1.807) is 0 Å². The van der Waals surface area contributed by atoms with E-state index >= 15 is 0 Å². The number of hydrogen-bond donors (Lipinski definition) is 0. The highest BCUT2D eigenvalue weighted by molar-refractivity contribution is 6.12. The lowest BCUT2D eigenvalue weighted by atomic mass is 9.95. The van der Waals surface area contributed by atoms with E-state index in [-0.39, 0.29) is 0 Å². The summed E-state index contributed by atoms with van der Waals surface area (Å²) in [4.78, 5) is 2.39. The Bertz CT molecular complexity index is 3250. The van der Waals surface area contributed by atoms with Crippen molar-refractivity contribution in [2.45, 2.75) is 0 Å². The van der Waals surface area contributed by atoms with Crippen LogP contribution in [0.4, 0.5) is 17.1 Å². The number of benzene rings is 10. The first-order valence-corrected chi connectivity index (χ1v) is 19.8. The lowest BCUT2D eigenvalue weighted by molar-refractivity contribution is 0.669. The minimum absolute atomic E-state index is 0.899. The minimum atomic E-state index is 0.899. The molecular weight excluding hydrogens is 703 g/mol. The topological polar surface area (TPSA) is 16.4 Å². The summed E-state index contributed by atoms with van der Waals surface area (Å²) in [6, 6.07) is 80.7. The number of fused-ring (bicyclic) bond motifs is 5. The van der Waals surface area contributed by atoms with Crippen LogP contribution in [-0.4, -0.2) is 0 Å². The van der Waals surface area contributed by atoms with Crippen molar-refractivity contribution >= 4 is 60.5 Å². The molecule has 0 N–H and O–H groups in total. The molecule has 0 spiro atoms. The molecule has 10 aromatic carbocycles. The number of nitrogens with zero attached hydrogens (tertiary/aromatic N) is 1. The van der Waals surface area contributed by atoms with Crippen LogP contribution < -0.4 is 4.90 Å². The average Bonchev–Trinajstić information content (AvgIpc) is 3.69. The van der Waals surface area contributed by atoms with Gasteiger partial charge in [-0.05, 0) is 103 Å². The fraction of sp³-hybridized carbons (Fsp3) is 0. The molecule has 1 aromatic heterocycles. The number of hydrogen-bond acceptors (Lipinski definition) is 2. The first-order chi connectivity index (χ1) is 28.8. The van der Waals surface area contributed by atoms with Gasteiger partial charge < -0.3 is 9.32 Å². The molecule has 272 valence electrons. The fourth-order valence-corrected chi connectivity index (χ4v) is 8.72. The summed E-state index contributed by atoms with van der Waals surface area (Å²) in [6.45, 7) is 0. The first kappa shape index (κ1) is 33.6. The predicted octanol–water partition coefficient (Wildman–Crippen LogP) is 16.0. The smallest absolute Gasteiger partial charge is 0.136 e. The number of furan rings is 1.